The van der Waals surface area contributed by atoms with Gasteiger partial charge in [-0.05, 0) is 25.0 Å². The SMILES string of the molecule is CCCCCCCCCCCC/C=C/CC(=O)Oc1ccccc1. The normalized spacial score (nSPS) is 11.0. The molecule has 0 bridgehead atoms. The van der Waals surface area contributed by atoms with Gasteiger partial charge in [0.25, 0.3) is 0 Å². The summed E-state index contributed by atoms with van der Waals surface area (Å²) in [7, 11) is 0. The van der Waals surface area contributed by atoms with E-state index in [9.17, 15) is 4.79 Å². The first-order valence-electron chi connectivity index (χ1n) is 9.73. The molecule has 1 aromatic rings. The molecule has 0 aliphatic rings. The molecule has 2 nitrogen and oxygen atoms in total. The average Bonchev–Trinajstić information content (AvgIpc) is 2.60. The lowest BCUT2D eigenvalue weighted by Gasteiger charge is -2.02. The highest BCUT2D eigenvalue weighted by atomic mass is 16.5. The largest absolute Gasteiger partial charge is 0.426 e. The number of carbonyl (C=O) groups is 1. The van der Waals surface area contributed by atoms with Crippen LogP contribution in [0.3, 0.4) is 0 Å². The number of hydrogen-bond donors (Lipinski definition) is 0. The Balaban J connectivity index is 1.88. The highest BCUT2D eigenvalue weighted by molar-refractivity contribution is 5.73. The van der Waals surface area contributed by atoms with E-state index in [1.165, 1.54) is 64.2 Å². The van der Waals surface area contributed by atoms with Gasteiger partial charge in [0, 0.05) is 0 Å². The van der Waals surface area contributed by atoms with Crippen LogP contribution >= 0.6 is 0 Å². The zero-order valence-electron chi connectivity index (χ0n) is 15.3. The Morgan fingerprint density at radius 2 is 1.42 bits per heavy atom. The zero-order valence-corrected chi connectivity index (χ0v) is 15.3. The van der Waals surface area contributed by atoms with Gasteiger partial charge in [-0.3, -0.25) is 4.79 Å². The molecule has 0 atom stereocenters. The van der Waals surface area contributed by atoms with Gasteiger partial charge >= 0.3 is 5.97 Å². The molecule has 0 spiro atoms. The van der Waals surface area contributed by atoms with Crippen molar-refractivity contribution in [2.45, 2.75) is 84.0 Å². The van der Waals surface area contributed by atoms with E-state index in [1.54, 1.807) is 12.1 Å². The summed E-state index contributed by atoms with van der Waals surface area (Å²) in [6.45, 7) is 2.26. The van der Waals surface area contributed by atoms with Gasteiger partial charge in [0.05, 0.1) is 6.42 Å². The lowest BCUT2D eigenvalue weighted by Crippen LogP contribution is -2.05. The molecule has 0 aliphatic carbocycles. The van der Waals surface area contributed by atoms with Crippen molar-refractivity contribution in [1.82, 2.24) is 0 Å². The van der Waals surface area contributed by atoms with Crippen LogP contribution in [-0.2, 0) is 4.79 Å². The van der Waals surface area contributed by atoms with Crippen molar-refractivity contribution in [3.05, 3.63) is 42.5 Å². The van der Waals surface area contributed by atoms with Crippen LogP contribution in [0.4, 0.5) is 0 Å². The van der Waals surface area contributed by atoms with Gasteiger partial charge in [0.15, 0.2) is 0 Å². The smallest absolute Gasteiger partial charge is 0.315 e. The van der Waals surface area contributed by atoms with Crippen LogP contribution in [0, 0.1) is 0 Å². The second-order valence-corrected chi connectivity index (χ2v) is 6.43. The van der Waals surface area contributed by atoms with Crippen LogP contribution in [0.25, 0.3) is 0 Å². The molecule has 134 valence electrons. The zero-order chi connectivity index (χ0) is 17.3. The Kier molecular flexibility index (Phi) is 12.8. The van der Waals surface area contributed by atoms with Crippen LogP contribution < -0.4 is 4.74 Å². The van der Waals surface area contributed by atoms with E-state index in [4.69, 9.17) is 4.74 Å². The van der Waals surface area contributed by atoms with Gasteiger partial charge in [0.1, 0.15) is 5.75 Å². The third-order valence-electron chi connectivity index (χ3n) is 4.15. The molecule has 24 heavy (non-hydrogen) atoms. The van der Waals surface area contributed by atoms with E-state index < -0.39 is 0 Å². The van der Waals surface area contributed by atoms with Crippen molar-refractivity contribution in [2.24, 2.45) is 0 Å². The maximum Gasteiger partial charge on any atom is 0.315 e. The third kappa shape index (κ3) is 11.9. The standard InChI is InChI=1S/C22H34O2/c1-2-3-4-5-6-7-8-9-10-11-12-13-17-20-22(23)24-21-18-15-14-16-19-21/h13-19H,2-12,20H2,1H3/b17-13+. The molecule has 0 N–H and O–H groups in total. The molecule has 0 aromatic heterocycles. The fourth-order valence-electron chi connectivity index (χ4n) is 2.71. The van der Waals surface area contributed by atoms with Crippen molar-refractivity contribution in [1.29, 1.82) is 0 Å². The number of para-hydroxylation sites is 1. The number of allylic oxidation sites excluding steroid dienone is 1. The molecule has 0 saturated heterocycles. The molecule has 0 amide bonds. The summed E-state index contributed by atoms with van der Waals surface area (Å²) in [4.78, 5) is 11.6. The molecule has 1 aromatic carbocycles. The quantitative estimate of drug-likeness (QED) is 0.161. The predicted octanol–water partition coefficient (Wildman–Crippen LogP) is 6.85. The maximum absolute atomic E-state index is 11.6. The second-order valence-electron chi connectivity index (χ2n) is 6.43. The minimum atomic E-state index is -0.194. The summed E-state index contributed by atoms with van der Waals surface area (Å²) in [5.41, 5.74) is 0. The Hall–Kier alpha value is -1.57. The van der Waals surface area contributed by atoms with Gasteiger partial charge < -0.3 is 4.74 Å². The predicted molar refractivity (Wildman–Crippen MR) is 102 cm³/mol. The average molecular weight is 331 g/mol. The molecule has 0 radical (unpaired) electrons. The van der Waals surface area contributed by atoms with Crippen molar-refractivity contribution in [2.75, 3.05) is 0 Å². The number of carbonyl (C=O) groups excluding carboxylic acids is 1. The molecule has 0 heterocycles. The van der Waals surface area contributed by atoms with Gasteiger partial charge in [-0.1, -0.05) is 95.1 Å². The fourth-order valence-corrected chi connectivity index (χ4v) is 2.71. The minimum absolute atomic E-state index is 0.194. The van der Waals surface area contributed by atoms with Crippen LogP contribution in [0.2, 0.25) is 0 Å². The highest BCUT2D eigenvalue weighted by Gasteiger charge is 2.00. The first-order chi connectivity index (χ1) is 11.8. The maximum atomic E-state index is 11.6. The Morgan fingerprint density at radius 1 is 0.833 bits per heavy atom. The van der Waals surface area contributed by atoms with E-state index in [0.717, 1.165) is 6.42 Å². The van der Waals surface area contributed by atoms with Gasteiger partial charge in [-0.15, -0.1) is 0 Å². The van der Waals surface area contributed by atoms with Crippen molar-refractivity contribution < 1.29 is 9.53 Å². The Morgan fingerprint density at radius 3 is 2.04 bits per heavy atom. The summed E-state index contributed by atoms with van der Waals surface area (Å²) in [6.07, 6.45) is 19.0. The van der Waals surface area contributed by atoms with Crippen LogP contribution in [0.5, 0.6) is 5.75 Å². The molecule has 0 saturated carbocycles. The molecule has 2 heteroatoms. The molecular weight excluding hydrogens is 296 g/mol. The molecule has 1 rings (SSSR count). The summed E-state index contributed by atoms with van der Waals surface area (Å²) < 4.78 is 5.23. The number of unbranched alkanes of at least 4 members (excludes halogenated alkanes) is 10. The van der Waals surface area contributed by atoms with E-state index in [0.29, 0.717) is 12.2 Å². The van der Waals surface area contributed by atoms with Gasteiger partial charge in [0.2, 0.25) is 0 Å². The lowest BCUT2D eigenvalue weighted by molar-refractivity contribution is -0.133. The summed E-state index contributed by atoms with van der Waals surface area (Å²) in [5, 5.41) is 0. The van der Waals surface area contributed by atoms with Crippen LogP contribution in [-0.4, -0.2) is 5.97 Å². The van der Waals surface area contributed by atoms with E-state index in [1.807, 2.05) is 24.3 Å². The topological polar surface area (TPSA) is 26.3 Å². The lowest BCUT2D eigenvalue weighted by atomic mass is 10.1. The summed E-state index contributed by atoms with van der Waals surface area (Å²) in [5.74, 6) is 0.422. The van der Waals surface area contributed by atoms with E-state index in [-0.39, 0.29) is 5.97 Å². The van der Waals surface area contributed by atoms with Crippen LogP contribution in [0.15, 0.2) is 42.5 Å². The Bertz CT molecular complexity index is 437. The number of esters is 1. The second kappa shape index (κ2) is 15.0. The summed E-state index contributed by atoms with van der Waals surface area (Å²) in [6, 6.07) is 9.23. The van der Waals surface area contributed by atoms with Gasteiger partial charge in [-0.25, -0.2) is 0 Å². The monoisotopic (exact) mass is 330 g/mol. The summed E-state index contributed by atoms with van der Waals surface area (Å²) >= 11 is 0. The first kappa shape index (κ1) is 20.5. The Labute approximate surface area is 148 Å². The van der Waals surface area contributed by atoms with Crippen LogP contribution in [0.1, 0.15) is 84.0 Å². The van der Waals surface area contributed by atoms with Crippen molar-refractivity contribution in [3.8, 4) is 5.75 Å². The number of rotatable bonds is 14. The highest BCUT2D eigenvalue weighted by Crippen LogP contribution is 2.12. The molecule has 0 fully saturated rings. The van der Waals surface area contributed by atoms with Crippen molar-refractivity contribution in [3.63, 3.8) is 0 Å². The number of ether oxygens (including phenoxy) is 1. The molecular formula is C22H34O2. The van der Waals surface area contributed by atoms with Gasteiger partial charge in [-0.2, -0.15) is 0 Å². The van der Waals surface area contributed by atoms with E-state index in [2.05, 4.69) is 13.0 Å². The van der Waals surface area contributed by atoms with E-state index >= 15 is 0 Å². The first-order valence-corrected chi connectivity index (χ1v) is 9.73. The molecule has 0 aliphatic heterocycles. The third-order valence-corrected chi connectivity index (χ3v) is 4.15. The minimum Gasteiger partial charge on any atom is -0.426 e. The molecule has 0 unspecified atom stereocenters. The number of hydrogen-bond acceptors (Lipinski definition) is 2. The van der Waals surface area contributed by atoms with Crippen molar-refractivity contribution >= 4 is 5.97 Å². The fraction of sp³-hybridized carbons (Fsp3) is 0.591. The number of benzene rings is 1.